The minimum Gasteiger partial charge on any atom is -0.748 e. The Labute approximate surface area is 279 Å². The number of hydrogen-bond donors (Lipinski definition) is 1. The normalized spacial score (nSPS) is 14.9. The van der Waals surface area contributed by atoms with Gasteiger partial charge in [0.1, 0.15) is 0 Å². The number of benzene rings is 3. The predicted octanol–water partition coefficient (Wildman–Crippen LogP) is 6.40. The topological polar surface area (TPSA) is 141 Å². The third-order valence-electron chi connectivity index (χ3n) is 7.28. The van der Waals surface area contributed by atoms with E-state index >= 15 is 0 Å². The van der Waals surface area contributed by atoms with Crippen LogP contribution in [0.25, 0.3) is 28.3 Å². The highest BCUT2D eigenvalue weighted by Crippen LogP contribution is 2.41. The van der Waals surface area contributed by atoms with E-state index in [2.05, 4.69) is 18.1 Å². The van der Waals surface area contributed by atoms with Gasteiger partial charge in [-0.3, -0.25) is 4.55 Å². The molecule has 4 aromatic rings. The first kappa shape index (κ1) is 35.3. The molecular weight excluding hydrogens is 672 g/mol. The zero-order chi connectivity index (χ0) is 33.6. The molecule has 0 spiro atoms. The summed E-state index contributed by atoms with van der Waals surface area (Å²) in [6.45, 7) is 3.74. The van der Waals surface area contributed by atoms with Gasteiger partial charge in [0.25, 0.3) is 15.6 Å². The Balaban J connectivity index is 0.00000235. The number of halogens is 1. The quantitative estimate of drug-likeness (QED) is 0.106. The van der Waals surface area contributed by atoms with Crippen LogP contribution in [0.3, 0.4) is 0 Å². The number of anilines is 1. The lowest BCUT2D eigenvalue weighted by atomic mass is 10.1. The van der Waals surface area contributed by atoms with Gasteiger partial charge in [0.05, 0.1) is 27.1 Å². The summed E-state index contributed by atoms with van der Waals surface area (Å²) < 4.78 is 80.9. The molecule has 46 heavy (non-hydrogen) atoms. The van der Waals surface area contributed by atoms with Crippen LogP contribution < -0.4 is 14.2 Å². The Hall–Kier alpha value is -3.59. The van der Waals surface area contributed by atoms with Crippen LogP contribution in [0.2, 0.25) is 5.02 Å². The fraction of sp³-hybridized carbons (Fsp3) is 0.250. The van der Waals surface area contributed by atoms with Crippen molar-refractivity contribution in [2.45, 2.75) is 38.5 Å². The molecule has 1 unspecified atom stereocenters. The minimum absolute atomic E-state index is 0.0838. The molecule has 1 aliphatic heterocycles. The van der Waals surface area contributed by atoms with E-state index in [0.717, 1.165) is 16.6 Å². The first-order valence-electron chi connectivity index (χ1n) is 14.1. The largest absolute Gasteiger partial charge is 0.748 e. The molecule has 3 aromatic carbocycles. The number of fused-ring (bicyclic) bond motifs is 2. The third kappa shape index (κ3) is 8.81. The molecule has 10 nitrogen and oxygen atoms in total. The SMILES string of the molecule is C=S.CC(=Cc1oc2ccc(-c3ccccc3)cc2[n+]1CCC(C)S(=O)(=O)O)C=C1Oc2ccc(Cl)cc2N1CCCS(=O)(=O)[O-]. The molecular formula is C32H33ClN2O8S3. The number of rotatable bonds is 11. The summed E-state index contributed by atoms with van der Waals surface area (Å²) >= 11 is 10.0. The molecule has 0 fully saturated rings. The lowest BCUT2D eigenvalue weighted by Crippen LogP contribution is -2.37. The van der Waals surface area contributed by atoms with E-state index in [-0.39, 0.29) is 25.9 Å². The lowest BCUT2D eigenvalue weighted by Gasteiger charge is -2.19. The van der Waals surface area contributed by atoms with E-state index in [1.807, 2.05) is 60.0 Å². The Morgan fingerprint density at radius 3 is 2.48 bits per heavy atom. The summed E-state index contributed by atoms with van der Waals surface area (Å²) in [6.07, 6.45) is 3.77. The van der Waals surface area contributed by atoms with Crippen molar-refractivity contribution in [3.8, 4) is 16.9 Å². The number of ether oxygens (including phenoxy) is 1. The molecule has 0 radical (unpaired) electrons. The third-order valence-corrected chi connectivity index (χ3v) is 9.55. The molecule has 1 N–H and O–H groups in total. The predicted molar refractivity (Wildman–Crippen MR) is 183 cm³/mol. The highest BCUT2D eigenvalue weighted by atomic mass is 35.5. The van der Waals surface area contributed by atoms with Crippen LogP contribution in [0.1, 0.15) is 32.6 Å². The smallest absolute Gasteiger partial charge is 0.374 e. The van der Waals surface area contributed by atoms with Crippen molar-refractivity contribution in [1.82, 2.24) is 0 Å². The number of hydrogen-bond acceptors (Lipinski definition) is 9. The summed E-state index contributed by atoms with van der Waals surface area (Å²) in [7, 11) is -8.61. The van der Waals surface area contributed by atoms with Crippen LogP contribution >= 0.6 is 23.8 Å². The standard InChI is InChI=1S/C31H31ClN2O8S2.CH2S/c1-21(17-30-33(14-6-16-43(35,36)37)27-20-25(32)10-12-29(27)42-30)18-31-34(15-13-22(2)44(38,39)40)26-19-24(9-11-28(26)41-31)23-7-4-3-5-8-23;1-2/h3-5,7-12,17-20,22H,6,13-16H2,1-2H3,(H-,35,36,37,38,39,40);1H2. The monoisotopic (exact) mass is 704 g/mol. The molecule has 14 heteroatoms. The molecule has 5 rings (SSSR count). The molecule has 0 bridgehead atoms. The summed E-state index contributed by atoms with van der Waals surface area (Å²) in [4.78, 5) is 1.76. The van der Waals surface area contributed by atoms with Gasteiger partial charge in [-0.2, -0.15) is 13.0 Å². The summed E-state index contributed by atoms with van der Waals surface area (Å²) in [5.74, 6) is 3.70. The second kappa shape index (κ2) is 14.9. The van der Waals surface area contributed by atoms with E-state index in [1.165, 1.54) is 6.92 Å². The molecule has 244 valence electrons. The first-order chi connectivity index (χ1) is 21.8. The average Bonchev–Trinajstić information content (AvgIpc) is 3.52. The maximum atomic E-state index is 11.8. The first-order valence-corrected chi connectivity index (χ1v) is 18.2. The number of nitrogens with zero attached hydrogens (tertiary/aromatic N) is 2. The highest BCUT2D eigenvalue weighted by Gasteiger charge is 2.28. The number of thiocarbonyl (C=S) groups is 1. The molecule has 1 aromatic heterocycles. The van der Waals surface area contributed by atoms with E-state index in [4.69, 9.17) is 20.8 Å². The van der Waals surface area contributed by atoms with Crippen LogP contribution in [0.15, 0.2) is 88.7 Å². The van der Waals surface area contributed by atoms with Gasteiger partial charge in [0.15, 0.2) is 12.3 Å². The fourth-order valence-corrected chi connectivity index (χ4v) is 6.00. The van der Waals surface area contributed by atoms with E-state index < -0.39 is 31.2 Å². The summed E-state index contributed by atoms with van der Waals surface area (Å²) in [6, 6.07) is 20.7. The number of aromatic nitrogens is 1. The van der Waals surface area contributed by atoms with Gasteiger partial charge in [0, 0.05) is 35.9 Å². The molecule has 0 saturated carbocycles. The zero-order valence-electron chi connectivity index (χ0n) is 25.1. The molecule has 0 saturated heterocycles. The molecule has 1 aliphatic rings. The number of aryl methyl sites for hydroxylation is 1. The maximum absolute atomic E-state index is 11.8. The summed E-state index contributed by atoms with van der Waals surface area (Å²) in [5.41, 5.74) is 4.66. The van der Waals surface area contributed by atoms with Gasteiger partial charge in [0.2, 0.25) is 11.5 Å². The van der Waals surface area contributed by atoms with E-state index in [1.54, 1.807) is 35.3 Å². The Kier molecular flexibility index (Phi) is 11.4. The second-order valence-electron chi connectivity index (χ2n) is 10.6. The molecule has 0 amide bonds. The molecule has 1 atom stereocenters. The van der Waals surface area contributed by atoms with Crippen molar-refractivity contribution in [3.05, 3.63) is 95.2 Å². The van der Waals surface area contributed by atoms with Gasteiger partial charge in [-0.1, -0.05) is 60.2 Å². The van der Waals surface area contributed by atoms with Gasteiger partial charge in [-0.05, 0) is 67.1 Å². The van der Waals surface area contributed by atoms with Crippen molar-refractivity contribution >= 4 is 72.8 Å². The van der Waals surface area contributed by atoms with Crippen molar-refractivity contribution in [2.75, 3.05) is 17.2 Å². The Bertz CT molecular complexity index is 1990. The van der Waals surface area contributed by atoms with Crippen LogP contribution in [-0.2, 0) is 26.8 Å². The highest BCUT2D eigenvalue weighted by molar-refractivity contribution is 7.86. The maximum Gasteiger partial charge on any atom is 0.374 e. The van der Waals surface area contributed by atoms with Crippen LogP contribution in [0, 0.1) is 0 Å². The minimum atomic E-state index is -4.38. The van der Waals surface area contributed by atoms with Crippen molar-refractivity contribution in [2.24, 2.45) is 0 Å². The van der Waals surface area contributed by atoms with E-state index in [9.17, 15) is 25.9 Å². The van der Waals surface area contributed by atoms with Gasteiger partial charge < -0.3 is 18.6 Å². The van der Waals surface area contributed by atoms with Crippen molar-refractivity contribution < 1.29 is 39.7 Å². The van der Waals surface area contributed by atoms with Gasteiger partial charge in [-0.25, -0.2) is 8.42 Å². The fourth-order valence-electron chi connectivity index (χ4n) is 4.95. The molecule has 0 aliphatic carbocycles. The average molecular weight is 705 g/mol. The lowest BCUT2D eigenvalue weighted by molar-refractivity contribution is -0.678. The van der Waals surface area contributed by atoms with E-state index in [0.29, 0.717) is 39.4 Å². The van der Waals surface area contributed by atoms with Crippen LogP contribution in [-0.4, -0.2) is 49.4 Å². The summed E-state index contributed by atoms with van der Waals surface area (Å²) in [5, 5.41) is -0.513. The number of oxazole rings is 1. The van der Waals surface area contributed by atoms with Crippen molar-refractivity contribution in [3.63, 3.8) is 0 Å². The Morgan fingerprint density at radius 2 is 1.80 bits per heavy atom. The zero-order valence-corrected chi connectivity index (χ0v) is 28.3. The number of allylic oxidation sites excluding steroid dienone is 2. The van der Waals surface area contributed by atoms with Crippen molar-refractivity contribution in [1.29, 1.82) is 0 Å². The second-order valence-corrected chi connectivity index (χ2v) is 14.4. The molecule has 2 heterocycles. The van der Waals surface area contributed by atoms with Crippen LogP contribution in [0.4, 0.5) is 5.69 Å². The van der Waals surface area contributed by atoms with Gasteiger partial charge in [-0.15, -0.1) is 0 Å². The van der Waals surface area contributed by atoms with Crippen LogP contribution in [0.5, 0.6) is 5.75 Å². The van der Waals surface area contributed by atoms with Gasteiger partial charge >= 0.3 is 5.89 Å². The Morgan fingerprint density at radius 1 is 1.09 bits per heavy atom.